The van der Waals surface area contributed by atoms with E-state index in [0.29, 0.717) is 0 Å². The van der Waals surface area contributed by atoms with Crippen molar-refractivity contribution in [2.45, 2.75) is 0 Å². The molecule has 1 rings (SSSR count). The van der Waals surface area contributed by atoms with E-state index < -0.39 is 0 Å². The molecule has 0 aliphatic carbocycles. The smallest absolute Gasteiger partial charge is 0.179 e. The Balaban J connectivity index is 2.48. The Kier molecular flexibility index (Phi) is 1.39. The second-order valence-corrected chi connectivity index (χ2v) is 2.52. The number of rotatable bonds is 0. The first-order valence-electron chi connectivity index (χ1n) is 1.93. The summed E-state index contributed by atoms with van der Waals surface area (Å²) >= 11 is 6.46. The summed E-state index contributed by atoms with van der Waals surface area (Å²) in [6, 6.07) is 0. The van der Waals surface area contributed by atoms with Gasteiger partial charge in [0.25, 0.3) is 0 Å². The van der Waals surface area contributed by atoms with Gasteiger partial charge in [-0.05, 0) is 24.2 Å². The highest BCUT2D eigenvalue weighted by atomic mass is 32.2. The van der Waals surface area contributed by atoms with Gasteiger partial charge in [0.1, 0.15) is 0 Å². The first-order chi connectivity index (χ1) is 3.30. The third-order valence-corrected chi connectivity index (χ3v) is 2.16. The molecule has 1 aliphatic rings. The molecule has 7 heavy (non-hydrogen) atoms. The van der Waals surface area contributed by atoms with Gasteiger partial charge in [-0.2, -0.15) is 0 Å². The lowest BCUT2D eigenvalue weighted by Gasteiger charge is -2.03. The zero-order chi connectivity index (χ0) is 5.28. The highest BCUT2D eigenvalue weighted by Crippen LogP contribution is 2.06. The maximum Gasteiger partial charge on any atom is 0.179 e. The second-order valence-electron chi connectivity index (χ2n) is 1.38. The minimum Gasteiger partial charge on any atom is -0.341 e. The Morgan fingerprint density at radius 3 is 2.86 bits per heavy atom. The lowest BCUT2D eigenvalue weighted by molar-refractivity contribution is 0.617. The van der Waals surface area contributed by atoms with Crippen molar-refractivity contribution in [3.63, 3.8) is 0 Å². The summed E-state index contributed by atoms with van der Waals surface area (Å²) in [5.41, 5.74) is 0. The Morgan fingerprint density at radius 2 is 2.71 bits per heavy atom. The molecule has 0 unspecified atom stereocenters. The van der Waals surface area contributed by atoms with Crippen molar-refractivity contribution in [2.24, 2.45) is 0 Å². The van der Waals surface area contributed by atoms with Gasteiger partial charge in [-0.15, -0.1) is 0 Å². The molecule has 0 saturated carbocycles. The van der Waals surface area contributed by atoms with Crippen LogP contribution in [0.15, 0.2) is 0 Å². The third-order valence-electron chi connectivity index (χ3n) is 0.764. The molecule has 1 fully saturated rings. The van der Waals surface area contributed by atoms with Crippen LogP contribution in [-0.2, 0) is 0 Å². The average Bonchev–Trinajstić information content (AvgIpc) is 1.91. The molecule has 1 heterocycles. The number of nitrogens with one attached hydrogen (secondary N) is 1. The maximum absolute atomic E-state index is 4.84. The lowest BCUT2D eigenvalue weighted by atomic mass is 10.9. The van der Waals surface area contributed by atoms with Gasteiger partial charge in [0.05, 0.1) is 5.88 Å². The van der Waals surface area contributed by atoms with Crippen LogP contribution in [0.5, 0.6) is 0 Å². The van der Waals surface area contributed by atoms with E-state index in [0.717, 1.165) is 11.0 Å². The number of hydrogen-bond acceptors (Lipinski definition) is 2. The van der Waals surface area contributed by atoms with Crippen LogP contribution >= 0.6 is 24.2 Å². The number of nitrogens with zero attached hydrogens (tertiary/aromatic N) is 1. The summed E-state index contributed by atoms with van der Waals surface area (Å²) in [4.78, 5) is 1.99. The molecule has 0 spiro atoms. The molecular weight excluding hydrogens is 128 g/mol. The van der Waals surface area contributed by atoms with E-state index in [1.807, 2.05) is 11.9 Å². The largest absolute Gasteiger partial charge is 0.341 e. The predicted octanol–water partition coefficient (Wildman–Crippen LogP) is 0.412. The molecule has 2 nitrogen and oxygen atoms in total. The van der Waals surface area contributed by atoms with Crippen molar-refractivity contribution in [3.8, 4) is 0 Å². The van der Waals surface area contributed by atoms with Crippen LogP contribution in [0.3, 0.4) is 0 Å². The summed E-state index contributed by atoms with van der Waals surface area (Å²) in [6.45, 7) is 0. The first-order valence-corrected chi connectivity index (χ1v) is 3.33. The minimum absolute atomic E-state index is 0.838. The average molecular weight is 134 g/mol. The molecule has 0 radical (unpaired) electrons. The fraction of sp³-hybridized carbons (Fsp3) is 0.667. The summed E-state index contributed by atoms with van der Waals surface area (Å²) in [6.07, 6.45) is 0. The zero-order valence-corrected chi connectivity index (χ0v) is 5.60. The topological polar surface area (TPSA) is 15.3 Å². The van der Waals surface area contributed by atoms with Gasteiger partial charge < -0.3 is 9.62 Å². The van der Waals surface area contributed by atoms with Crippen molar-refractivity contribution in [3.05, 3.63) is 0 Å². The quantitative estimate of drug-likeness (QED) is 0.381. The monoisotopic (exact) mass is 134 g/mol. The predicted molar refractivity (Wildman–Crippen MR) is 36.0 cm³/mol. The molecule has 1 saturated heterocycles. The van der Waals surface area contributed by atoms with Crippen LogP contribution in [0.4, 0.5) is 0 Å². The molecular formula is C3H6N2S2. The highest BCUT2D eigenvalue weighted by Gasteiger charge is 2.09. The van der Waals surface area contributed by atoms with Crippen molar-refractivity contribution in [2.75, 3.05) is 12.9 Å². The SMILES string of the molecule is CN1CSNC1=S. The molecule has 0 bridgehead atoms. The Labute approximate surface area is 52.4 Å². The molecule has 0 atom stereocenters. The molecule has 0 aromatic rings. The van der Waals surface area contributed by atoms with Crippen LogP contribution in [0.25, 0.3) is 0 Å². The van der Waals surface area contributed by atoms with E-state index in [-0.39, 0.29) is 0 Å². The maximum atomic E-state index is 4.84. The summed E-state index contributed by atoms with van der Waals surface area (Å²) in [7, 11) is 1.97. The summed E-state index contributed by atoms with van der Waals surface area (Å²) in [5.74, 6) is 0.971. The zero-order valence-electron chi connectivity index (χ0n) is 3.97. The van der Waals surface area contributed by atoms with Gasteiger partial charge in [-0.1, -0.05) is 0 Å². The van der Waals surface area contributed by atoms with Crippen LogP contribution in [0.2, 0.25) is 0 Å². The normalized spacial score (nSPS) is 20.1. The van der Waals surface area contributed by atoms with Crippen molar-refractivity contribution < 1.29 is 0 Å². The molecule has 1 aliphatic heterocycles. The third kappa shape index (κ3) is 0.978. The second kappa shape index (κ2) is 1.88. The molecule has 1 N–H and O–H groups in total. The number of thiocarbonyl (C=S) groups is 1. The summed E-state index contributed by atoms with van der Waals surface area (Å²) in [5, 5.41) is 0.838. The fourth-order valence-electron chi connectivity index (χ4n) is 0.327. The van der Waals surface area contributed by atoms with E-state index in [4.69, 9.17) is 12.2 Å². The Morgan fingerprint density at radius 1 is 2.00 bits per heavy atom. The fourth-order valence-corrected chi connectivity index (χ4v) is 1.32. The van der Waals surface area contributed by atoms with Gasteiger partial charge >= 0.3 is 0 Å². The molecule has 4 heteroatoms. The van der Waals surface area contributed by atoms with Gasteiger partial charge in [0, 0.05) is 7.05 Å². The van der Waals surface area contributed by atoms with Gasteiger partial charge in [0.15, 0.2) is 5.11 Å². The van der Waals surface area contributed by atoms with Crippen LogP contribution < -0.4 is 4.72 Å². The Hall–Kier alpha value is 0.0400. The molecule has 40 valence electrons. The van der Waals surface area contributed by atoms with Gasteiger partial charge in [-0.25, -0.2) is 0 Å². The highest BCUT2D eigenvalue weighted by molar-refractivity contribution is 7.99. The van der Waals surface area contributed by atoms with Gasteiger partial charge in [-0.3, -0.25) is 0 Å². The lowest BCUT2D eigenvalue weighted by Crippen LogP contribution is -2.22. The van der Waals surface area contributed by atoms with E-state index in [1.165, 1.54) is 0 Å². The van der Waals surface area contributed by atoms with Crippen LogP contribution in [0, 0.1) is 0 Å². The summed E-state index contributed by atoms with van der Waals surface area (Å²) < 4.78 is 2.94. The van der Waals surface area contributed by atoms with E-state index in [1.54, 1.807) is 11.9 Å². The Bertz CT molecular complexity index is 92.9. The number of hydrogen-bond donors (Lipinski definition) is 1. The van der Waals surface area contributed by atoms with E-state index in [2.05, 4.69) is 4.72 Å². The van der Waals surface area contributed by atoms with Gasteiger partial charge in [0.2, 0.25) is 0 Å². The minimum atomic E-state index is 0.838. The van der Waals surface area contributed by atoms with Crippen molar-refractivity contribution in [1.82, 2.24) is 9.62 Å². The first kappa shape index (κ1) is 5.18. The van der Waals surface area contributed by atoms with E-state index in [9.17, 15) is 0 Å². The van der Waals surface area contributed by atoms with Crippen LogP contribution in [0.1, 0.15) is 0 Å². The van der Waals surface area contributed by atoms with Crippen LogP contribution in [-0.4, -0.2) is 22.9 Å². The van der Waals surface area contributed by atoms with E-state index >= 15 is 0 Å². The molecule has 0 amide bonds. The standard InChI is InChI=1S/C3H6N2S2/c1-5-2-7-4-3(5)6/h2H2,1H3,(H,4,6). The molecule has 0 aromatic carbocycles. The van der Waals surface area contributed by atoms with Crippen molar-refractivity contribution in [1.29, 1.82) is 0 Å². The van der Waals surface area contributed by atoms with Crippen molar-refractivity contribution >= 4 is 29.3 Å². The molecule has 0 aromatic heterocycles.